The van der Waals surface area contributed by atoms with E-state index in [1.54, 1.807) is 0 Å². The highest BCUT2D eigenvalue weighted by Crippen LogP contribution is 2.75. The van der Waals surface area contributed by atoms with Crippen LogP contribution in [0, 0.1) is 68.5 Å². The van der Waals surface area contributed by atoms with Crippen LogP contribution in [-0.2, 0) is 14.3 Å². The van der Waals surface area contributed by atoms with Crippen LogP contribution in [0.4, 0.5) is 0 Å². The van der Waals surface area contributed by atoms with Gasteiger partial charge in [-0.25, -0.2) is 0 Å². The topological polar surface area (TPSA) is 43.4 Å². The average molecular weight is 511 g/mol. The molecule has 208 valence electrons. The van der Waals surface area contributed by atoms with E-state index >= 15 is 0 Å². The summed E-state index contributed by atoms with van der Waals surface area (Å²) < 4.78 is 5.40. The molecule has 0 N–H and O–H groups in total. The lowest BCUT2D eigenvalue weighted by Crippen LogP contribution is -2.60. The van der Waals surface area contributed by atoms with Crippen molar-refractivity contribution < 1.29 is 14.3 Å². The van der Waals surface area contributed by atoms with Crippen LogP contribution in [0.5, 0.6) is 0 Å². The van der Waals surface area contributed by atoms with Gasteiger partial charge in [0.05, 0.1) is 12.5 Å². The molecule has 0 radical (unpaired) electrons. The second-order valence-electron chi connectivity index (χ2n) is 16.1. The highest BCUT2D eigenvalue weighted by Gasteiger charge is 2.68. The Morgan fingerprint density at radius 2 is 1.59 bits per heavy atom. The lowest BCUT2D eigenvalue weighted by atomic mass is 9.38. The molecule has 1 heterocycles. The van der Waals surface area contributed by atoms with Gasteiger partial charge in [-0.3, -0.25) is 9.59 Å². The summed E-state index contributed by atoms with van der Waals surface area (Å²) in [5.74, 6) is 3.70. The van der Waals surface area contributed by atoms with Crippen LogP contribution in [0.3, 0.4) is 0 Å². The summed E-state index contributed by atoms with van der Waals surface area (Å²) in [4.78, 5) is 26.1. The number of carbonyl (C=O) groups is 2. The first kappa shape index (κ1) is 27.4. The van der Waals surface area contributed by atoms with E-state index in [2.05, 4.69) is 68.4 Å². The van der Waals surface area contributed by atoms with E-state index in [1.807, 2.05) is 6.92 Å². The maximum atomic E-state index is 14.0. The van der Waals surface area contributed by atoms with Crippen LogP contribution in [0.15, 0.2) is 11.6 Å². The van der Waals surface area contributed by atoms with Crippen molar-refractivity contribution in [2.75, 3.05) is 6.61 Å². The number of fused-ring (bicyclic) bond motifs is 5. The van der Waals surface area contributed by atoms with E-state index in [-0.39, 0.29) is 39.0 Å². The molecule has 1 aliphatic heterocycles. The molecule has 5 rings (SSSR count). The number of hydrogen-bond donors (Lipinski definition) is 0. The molecule has 1 saturated heterocycles. The van der Waals surface area contributed by atoms with Gasteiger partial charge >= 0.3 is 5.97 Å². The van der Waals surface area contributed by atoms with E-state index in [1.165, 1.54) is 37.7 Å². The van der Waals surface area contributed by atoms with E-state index in [9.17, 15) is 9.59 Å². The molecular formula is C34H54O3. The summed E-state index contributed by atoms with van der Waals surface area (Å²) >= 11 is 0. The normalized spacial score (nSPS) is 50.6. The van der Waals surface area contributed by atoms with Crippen molar-refractivity contribution in [2.45, 2.75) is 114 Å². The Kier molecular flexibility index (Phi) is 6.26. The molecule has 0 aromatic carbocycles. The maximum absolute atomic E-state index is 14.0. The Labute approximate surface area is 227 Å². The highest BCUT2D eigenvalue weighted by molar-refractivity contribution is 5.97. The fourth-order valence-electron chi connectivity index (χ4n) is 10.9. The first-order chi connectivity index (χ1) is 17.0. The van der Waals surface area contributed by atoms with Crippen LogP contribution >= 0.6 is 0 Å². The van der Waals surface area contributed by atoms with Gasteiger partial charge in [-0.1, -0.05) is 74.8 Å². The van der Waals surface area contributed by atoms with Crippen LogP contribution in [-0.4, -0.2) is 18.4 Å². The molecule has 0 aromatic heterocycles. The third-order valence-corrected chi connectivity index (χ3v) is 14.6. The van der Waals surface area contributed by atoms with Crippen molar-refractivity contribution in [3.63, 3.8) is 0 Å². The molecule has 11 atom stereocenters. The Balaban J connectivity index is 1.47. The summed E-state index contributed by atoms with van der Waals surface area (Å²) in [5, 5.41) is 0. The van der Waals surface area contributed by atoms with E-state index in [0.717, 1.165) is 12.8 Å². The fraction of sp³-hybridized carbons (Fsp3) is 0.882. The highest BCUT2D eigenvalue weighted by atomic mass is 16.5. The van der Waals surface area contributed by atoms with Gasteiger partial charge in [0, 0.05) is 11.3 Å². The largest absolute Gasteiger partial charge is 0.465 e. The Morgan fingerprint density at radius 3 is 2.22 bits per heavy atom. The monoisotopic (exact) mass is 510 g/mol. The second kappa shape index (κ2) is 8.44. The number of carbonyl (C=O) groups excluding carboxylic acids is 2. The molecular weight excluding hydrogens is 456 g/mol. The summed E-state index contributed by atoms with van der Waals surface area (Å²) in [6.07, 6.45) is 10.4. The molecule has 0 spiro atoms. The van der Waals surface area contributed by atoms with Gasteiger partial charge in [-0.05, 0) is 102 Å². The van der Waals surface area contributed by atoms with Crippen molar-refractivity contribution in [2.24, 2.45) is 68.5 Å². The zero-order valence-electron chi connectivity index (χ0n) is 25.5. The van der Waals surface area contributed by atoms with Crippen molar-refractivity contribution in [1.82, 2.24) is 0 Å². The number of ketones is 1. The molecule has 3 heteroatoms. The summed E-state index contributed by atoms with van der Waals surface area (Å²) in [6.45, 7) is 24.7. The molecule has 0 aromatic rings. The van der Waals surface area contributed by atoms with Gasteiger partial charge < -0.3 is 4.74 Å². The number of rotatable bonds is 4. The lowest BCUT2D eigenvalue weighted by molar-refractivity contribution is -0.152. The quantitative estimate of drug-likeness (QED) is 0.357. The van der Waals surface area contributed by atoms with Crippen molar-refractivity contribution in [3.05, 3.63) is 11.6 Å². The molecule has 3 nitrogen and oxygen atoms in total. The van der Waals surface area contributed by atoms with Gasteiger partial charge in [-0.2, -0.15) is 0 Å². The van der Waals surface area contributed by atoms with Crippen molar-refractivity contribution in [1.29, 1.82) is 0 Å². The SMILES string of the molecule is C[C@@H]1C[C@@]2(C)C(=O)C=C3C(CC[C@]4(C)[C@@H](C(C)(C)[C@H](C)C[C@@H]5COC(=O)[C@H]5C)CC[C@@]34C)[C@@]2(C)C[C@@H]1C. The molecule has 1 unspecified atom stereocenters. The summed E-state index contributed by atoms with van der Waals surface area (Å²) in [5.41, 5.74) is 1.80. The van der Waals surface area contributed by atoms with E-state index < -0.39 is 0 Å². The second-order valence-corrected chi connectivity index (χ2v) is 16.1. The predicted molar refractivity (Wildman–Crippen MR) is 150 cm³/mol. The third kappa shape index (κ3) is 3.49. The number of hydrogen-bond acceptors (Lipinski definition) is 3. The van der Waals surface area contributed by atoms with Crippen LogP contribution in [0.2, 0.25) is 0 Å². The number of allylic oxidation sites excluding steroid dienone is 2. The van der Waals surface area contributed by atoms with Crippen molar-refractivity contribution in [3.8, 4) is 0 Å². The zero-order valence-corrected chi connectivity index (χ0v) is 25.5. The first-order valence-electron chi connectivity index (χ1n) is 15.5. The predicted octanol–water partition coefficient (Wildman–Crippen LogP) is 8.27. The zero-order chi connectivity index (χ0) is 27.3. The van der Waals surface area contributed by atoms with Gasteiger partial charge in [0.15, 0.2) is 5.78 Å². The molecule has 4 fully saturated rings. The first-order valence-corrected chi connectivity index (χ1v) is 15.5. The minimum atomic E-state index is -0.222. The van der Waals surface area contributed by atoms with Gasteiger partial charge in [0.25, 0.3) is 0 Å². The molecule has 5 aliphatic rings. The van der Waals surface area contributed by atoms with Crippen LogP contribution < -0.4 is 0 Å². The Morgan fingerprint density at radius 1 is 0.946 bits per heavy atom. The number of esters is 1. The average Bonchev–Trinajstić information content (AvgIpc) is 3.28. The molecule has 37 heavy (non-hydrogen) atoms. The van der Waals surface area contributed by atoms with Gasteiger partial charge in [0.2, 0.25) is 0 Å². The van der Waals surface area contributed by atoms with Crippen LogP contribution in [0.1, 0.15) is 114 Å². The number of ether oxygens (including phenoxy) is 1. The van der Waals surface area contributed by atoms with Gasteiger partial charge in [0.1, 0.15) is 0 Å². The molecule has 3 saturated carbocycles. The maximum Gasteiger partial charge on any atom is 0.309 e. The summed E-state index contributed by atoms with van der Waals surface area (Å²) in [6, 6.07) is 0. The molecule has 4 aliphatic carbocycles. The van der Waals surface area contributed by atoms with Crippen LogP contribution in [0.25, 0.3) is 0 Å². The third-order valence-electron chi connectivity index (χ3n) is 14.6. The Hall–Kier alpha value is -1.12. The van der Waals surface area contributed by atoms with E-state index in [0.29, 0.717) is 47.9 Å². The number of cyclic esters (lactones) is 1. The standard InChI is InChI=1S/C34H54O3/c1-20-17-33(9)25-11-13-32(8)27(30(5,6)22(3)15-24-19-37-29(36)23(24)4)12-14-31(32,7)26(25)16-28(35)34(33,10)18-21(20)2/h16,20-25,27H,11-15,17-19H2,1-10H3/t20-,21+,22+,23-,24+,25?,27+,31-,32+,33+,34-/m0/s1. The lowest BCUT2D eigenvalue weighted by Gasteiger charge is -2.65. The van der Waals surface area contributed by atoms with E-state index in [4.69, 9.17) is 4.74 Å². The van der Waals surface area contributed by atoms with Crippen molar-refractivity contribution >= 4 is 11.8 Å². The van der Waals surface area contributed by atoms with Gasteiger partial charge in [-0.15, -0.1) is 0 Å². The minimum absolute atomic E-state index is 0.0189. The Bertz CT molecular complexity index is 1010. The fourth-order valence-corrected chi connectivity index (χ4v) is 10.9. The summed E-state index contributed by atoms with van der Waals surface area (Å²) in [7, 11) is 0. The minimum Gasteiger partial charge on any atom is -0.465 e. The molecule has 0 amide bonds. The smallest absolute Gasteiger partial charge is 0.309 e. The molecule has 0 bridgehead atoms.